The second-order valence-corrected chi connectivity index (χ2v) is 6.33. The molecule has 2 fully saturated rings. The van der Waals surface area contributed by atoms with Gasteiger partial charge in [-0.05, 0) is 25.7 Å². The topological polar surface area (TPSA) is 41.3 Å². The summed E-state index contributed by atoms with van der Waals surface area (Å²) in [6.45, 7) is 5.32. The number of rotatable bonds is 2. The Kier molecular flexibility index (Phi) is 3.52. The van der Waals surface area contributed by atoms with E-state index in [0.29, 0.717) is 5.92 Å². The zero-order valence-electron chi connectivity index (χ0n) is 12.1. The van der Waals surface area contributed by atoms with Crippen molar-refractivity contribution >= 4 is 6.01 Å². The van der Waals surface area contributed by atoms with Crippen LogP contribution in [0.5, 0.6) is 0 Å². The van der Waals surface area contributed by atoms with E-state index in [-0.39, 0.29) is 5.54 Å². The third-order valence-corrected chi connectivity index (χ3v) is 4.62. The van der Waals surface area contributed by atoms with Gasteiger partial charge in [-0.2, -0.15) is 0 Å². The lowest BCUT2D eigenvalue weighted by molar-refractivity contribution is 0.191. The van der Waals surface area contributed by atoms with Crippen LogP contribution < -0.4 is 10.4 Å². The molecule has 1 saturated heterocycles. The summed E-state index contributed by atoms with van der Waals surface area (Å²) in [7, 11) is 0. The highest BCUT2D eigenvalue weighted by Gasteiger charge is 2.42. The van der Waals surface area contributed by atoms with Crippen LogP contribution in [0.4, 0.5) is 6.01 Å². The first-order valence-electron chi connectivity index (χ1n) is 7.71. The summed E-state index contributed by atoms with van der Waals surface area (Å²) in [5.41, 5.74) is 3.77. The molecular formula is C15H25N3O. The van der Waals surface area contributed by atoms with Crippen molar-refractivity contribution in [2.45, 2.75) is 70.3 Å². The Hall–Kier alpha value is -1.03. The maximum Gasteiger partial charge on any atom is 0.312 e. The summed E-state index contributed by atoms with van der Waals surface area (Å²) in [6, 6.07) is 0.769. The Morgan fingerprint density at radius 1 is 1.21 bits per heavy atom. The molecule has 2 heterocycles. The van der Waals surface area contributed by atoms with Crippen LogP contribution in [0, 0.1) is 0 Å². The molecule has 4 heteroatoms. The van der Waals surface area contributed by atoms with E-state index in [9.17, 15) is 0 Å². The van der Waals surface area contributed by atoms with Crippen LogP contribution in [0.3, 0.4) is 0 Å². The second-order valence-electron chi connectivity index (χ2n) is 6.33. The molecule has 1 spiro atoms. The van der Waals surface area contributed by atoms with Gasteiger partial charge in [-0.3, -0.25) is 5.01 Å². The average Bonchev–Trinajstić information content (AvgIpc) is 2.90. The van der Waals surface area contributed by atoms with Crippen LogP contribution in [0.25, 0.3) is 0 Å². The van der Waals surface area contributed by atoms with Crippen molar-refractivity contribution in [1.82, 2.24) is 10.4 Å². The molecule has 1 saturated carbocycles. The molecule has 0 amide bonds. The van der Waals surface area contributed by atoms with E-state index in [0.717, 1.165) is 18.3 Å². The SMILES string of the molecule is CC(C)c1cnc(N2NCCCC23CCCCC3)o1. The largest absolute Gasteiger partial charge is 0.427 e. The maximum atomic E-state index is 5.96. The first kappa shape index (κ1) is 13.0. The van der Waals surface area contributed by atoms with Gasteiger partial charge < -0.3 is 4.42 Å². The van der Waals surface area contributed by atoms with E-state index >= 15 is 0 Å². The third kappa shape index (κ3) is 2.38. The van der Waals surface area contributed by atoms with Crippen LogP contribution in [-0.2, 0) is 0 Å². The van der Waals surface area contributed by atoms with E-state index in [1.807, 2.05) is 6.20 Å². The smallest absolute Gasteiger partial charge is 0.312 e. The second kappa shape index (κ2) is 5.16. The van der Waals surface area contributed by atoms with Crippen molar-refractivity contribution in [2.24, 2.45) is 0 Å². The summed E-state index contributed by atoms with van der Waals surface area (Å²) >= 11 is 0. The zero-order chi connectivity index (χ0) is 13.3. The summed E-state index contributed by atoms with van der Waals surface area (Å²) in [5, 5.41) is 2.25. The fourth-order valence-electron chi connectivity index (χ4n) is 3.49. The average molecular weight is 263 g/mol. The molecular weight excluding hydrogens is 238 g/mol. The molecule has 0 aromatic carbocycles. The van der Waals surface area contributed by atoms with E-state index in [2.05, 4.69) is 29.3 Å². The summed E-state index contributed by atoms with van der Waals surface area (Å²) < 4.78 is 5.96. The van der Waals surface area contributed by atoms with Gasteiger partial charge in [0.05, 0.1) is 11.7 Å². The predicted octanol–water partition coefficient (Wildman–Crippen LogP) is 3.61. The highest BCUT2D eigenvalue weighted by Crippen LogP contribution is 2.40. The highest BCUT2D eigenvalue weighted by molar-refractivity contribution is 5.32. The predicted molar refractivity (Wildman–Crippen MR) is 76.1 cm³/mol. The highest BCUT2D eigenvalue weighted by atomic mass is 16.4. The van der Waals surface area contributed by atoms with Gasteiger partial charge in [0.1, 0.15) is 5.76 Å². The monoisotopic (exact) mass is 263 g/mol. The van der Waals surface area contributed by atoms with Gasteiger partial charge >= 0.3 is 6.01 Å². The summed E-state index contributed by atoms with van der Waals surface area (Å²) in [6.07, 6.45) is 11.0. The van der Waals surface area contributed by atoms with Crippen LogP contribution in [-0.4, -0.2) is 17.1 Å². The summed E-state index contributed by atoms with van der Waals surface area (Å²) in [5.74, 6) is 1.38. The molecule has 0 bridgehead atoms. The Morgan fingerprint density at radius 2 is 1.95 bits per heavy atom. The van der Waals surface area contributed by atoms with Gasteiger partial charge in [0.15, 0.2) is 0 Å². The molecule has 1 aromatic rings. The maximum absolute atomic E-state index is 5.96. The van der Waals surface area contributed by atoms with Crippen LogP contribution >= 0.6 is 0 Å². The number of anilines is 1. The van der Waals surface area contributed by atoms with Crippen LogP contribution in [0.2, 0.25) is 0 Å². The molecule has 3 rings (SSSR count). The molecule has 0 radical (unpaired) electrons. The van der Waals surface area contributed by atoms with E-state index in [1.54, 1.807) is 0 Å². The Morgan fingerprint density at radius 3 is 2.63 bits per heavy atom. The van der Waals surface area contributed by atoms with Crippen LogP contribution in [0.15, 0.2) is 10.6 Å². The number of hydrazine groups is 1. The van der Waals surface area contributed by atoms with Crippen molar-refractivity contribution in [1.29, 1.82) is 0 Å². The first-order valence-corrected chi connectivity index (χ1v) is 7.71. The lowest BCUT2D eigenvalue weighted by atomic mass is 9.77. The van der Waals surface area contributed by atoms with Crippen LogP contribution in [0.1, 0.15) is 70.5 Å². The molecule has 1 N–H and O–H groups in total. The third-order valence-electron chi connectivity index (χ3n) is 4.62. The fourth-order valence-corrected chi connectivity index (χ4v) is 3.49. The molecule has 1 aliphatic carbocycles. The molecule has 0 atom stereocenters. The summed E-state index contributed by atoms with van der Waals surface area (Å²) in [4.78, 5) is 4.51. The normalized spacial score (nSPS) is 23.2. The van der Waals surface area contributed by atoms with E-state index in [1.165, 1.54) is 44.9 Å². The van der Waals surface area contributed by atoms with Crippen molar-refractivity contribution in [3.8, 4) is 0 Å². The number of aromatic nitrogens is 1. The Labute approximate surface area is 115 Å². The minimum absolute atomic E-state index is 0.246. The minimum Gasteiger partial charge on any atom is -0.427 e. The first-order chi connectivity index (χ1) is 9.21. The fraction of sp³-hybridized carbons (Fsp3) is 0.800. The van der Waals surface area contributed by atoms with E-state index in [4.69, 9.17) is 4.42 Å². The van der Waals surface area contributed by atoms with Gasteiger partial charge in [0.25, 0.3) is 0 Å². The van der Waals surface area contributed by atoms with Gasteiger partial charge in [-0.25, -0.2) is 10.4 Å². The van der Waals surface area contributed by atoms with E-state index < -0.39 is 0 Å². The van der Waals surface area contributed by atoms with Gasteiger partial charge in [0, 0.05) is 12.5 Å². The number of oxazole rings is 1. The van der Waals surface area contributed by atoms with Crippen molar-refractivity contribution in [3.63, 3.8) is 0 Å². The minimum atomic E-state index is 0.246. The lowest BCUT2D eigenvalue weighted by Gasteiger charge is -2.48. The number of nitrogens with zero attached hydrogens (tertiary/aromatic N) is 2. The quantitative estimate of drug-likeness (QED) is 0.885. The number of hydrogen-bond donors (Lipinski definition) is 1. The van der Waals surface area contributed by atoms with Crippen molar-refractivity contribution in [2.75, 3.05) is 11.6 Å². The molecule has 1 aromatic heterocycles. The molecule has 1 aliphatic heterocycles. The molecule has 0 unspecified atom stereocenters. The van der Waals surface area contributed by atoms with Gasteiger partial charge in [0.2, 0.25) is 0 Å². The molecule has 2 aliphatic rings. The van der Waals surface area contributed by atoms with Crippen molar-refractivity contribution < 1.29 is 4.42 Å². The Bertz CT molecular complexity index is 413. The van der Waals surface area contributed by atoms with Gasteiger partial charge in [-0.1, -0.05) is 33.1 Å². The molecule has 106 valence electrons. The molecule has 4 nitrogen and oxygen atoms in total. The standard InChI is InChI=1S/C15H25N3O/c1-12(2)13-11-16-14(19-13)18-15(9-6-10-17-18)7-4-3-5-8-15/h11-12,17H,3-10H2,1-2H3. The number of hydrogen-bond acceptors (Lipinski definition) is 4. The lowest BCUT2D eigenvalue weighted by Crippen LogP contribution is -2.60. The zero-order valence-corrected chi connectivity index (χ0v) is 12.1. The number of nitrogens with one attached hydrogen (secondary N) is 1. The van der Waals surface area contributed by atoms with Crippen molar-refractivity contribution in [3.05, 3.63) is 12.0 Å². The Balaban J connectivity index is 1.86. The molecule has 19 heavy (non-hydrogen) atoms. The van der Waals surface area contributed by atoms with Gasteiger partial charge in [-0.15, -0.1) is 0 Å².